The molecule has 4 atom stereocenters. The molecule has 0 aliphatic carbocycles. The minimum Gasteiger partial charge on any atom is -0.393 e. The molecular formula is C24H44O2. The lowest BCUT2D eigenvalue weighted by atomic mass is 9.91. The first-order valence-corrected chi connectivity index (χ1v) is 10.4. The molecule has 26 heavy (non-hydrogen) atoms. The summed E-state index contributed by atoms with van der Waals surface area (Å²) in [5.41, 5.74) is 3.68. The maximum Gasteiger partial charge on any atom is 0.0579 e. The van der Waals surface area contributed by atoms with Gasteiger partial charge in [-0.15, -0.1) is 0 Å². The lowest BCUT2D eigenvalue weighted by Crippen LogP contribution is -2.16. The molecule has 0 bridgehead atoms. The lowest BCUT2D eigenvalue weighted by molar-refractivity contribution is 0.126. The number of hydrogen-bond acceptors (Lipinski definition) is 2. The summed E-state index contributed by atoms with van der Waals surface area (Å²) in [7, 11) is 0. The number of allylic oxidation sites excluding steroid dienone is 4. The summed E-state index contributed by atoms with van der Waals surface area (Å²) >= 11 is 0. The third-order valence-electron chi connectivity index (χ3n) is 4.82. The number of aliphatic hydroxyl groups is 2. The van der Waals surface area contributed by atoms with Crippen molar-refractivity contribution in [2.75, 3.05) is 0 Å². The molecule has 0 aliphatic rings. The first-order valence-electron chi connectivity index (χ1n) is 10.4. The molecule has 0 saturated heterocycles. The Morgan fingerprint density at radius 3 is 1.42 bits per heavy atom. The molecule has 0 aliphatic heterocycles. The van der Waals surface area contributed by atoms with Gasteiger partial charge < -0.3 is 10.2 Å². The summed E-state index contributed by atoms with van der Waals surface area (Å²) in [6.45, 7) is 17.0. The zero-order valence-corrected chi connectivity index (χ0v) is 18.2. The van der Waals surface area contributed by atoms with Crippen LogP contribution in [0, 0.1) is 11.8 Å². The molecule has 0 aromatic rings. The third-order valence-corrected chi connectivity index (χ3v) is 4.82. The van der Waals surface area contributed by atoms with E-state index in [0.29, 0.717) is 24.7 Å². The third kappa shape index (κ3) is 15.4. The van der Waals surface area contributed by atoms with Crippen LogP contribution in [0.15, 0.2) is 35.5 Å². The number of rotatable bonds is 14. The molecule has 0 spiro atoms. The average molecular weight is 365 g/mol. The van der Waals surface area contributed by atoms with Crippen molar-refractivity contribution in [3.05, 3.63) is 35.5 Å². The van der Waals surface area contributed by atoms with Crippen molar-refractivity contribution in [3.8, 4) is 0 Å². The summed E-state index contributed by atoms with van der Waals surface area (Å²) in [6, 6.07) is 0. The molecule has 2 N–H and O–H groups in total. The molecule has 0 saturated carbocycles. The maximum atomic E-state index is 10.3. The summed E-state index contributed by atoms with van der Waals surface area (Å²) in [5.74, 6) is 1.02. The molecule has 152 valence electrons. The molecule has 0 amide bonds. The fourth-order valence-electron chi connectivity index (χ4n) is 3.39. The van der Waals surface area contributed by atoms with E-state index in [1.165, 1.54) is 11.1 Å². The molecule has 0 aromatic heterocycles. The zero-order chi connectivity index (χ0) is 20.1. The van der Waals surface area contributed by atoms with Crippen LogP contribution in [0.4, 0.5) is 0 Å². The standard InChI is InChI=1S/C24H44O2/c1-18(2)10-8-12-20(5)14-23(25)16-22(7)17-24(26)15-21(6)13-9-11-19(3)4/h10-11,20-21,23-26H,7-9,12-17H2,1-6H3/t20-,21-,23+,24+/m0/s1. The van der Waals surface area contributed by atoms with Crippen LogP contribution >= 0.6 is 0 Å². The highest BCUT2D eigenvalue weighted by Gasteiger charge is 2.15. The van der Waals surface area contributed by atoms with Crippen molar-refractivity contribution in [2.45, 2.75) is 105 Å². The highest BCUT2D eigenvalue weighted by molar-refractivity contribution is 4.99. The van der Waals surface area contributed by atoms with E-state index in [9.17, 15) is 10.2 Å². The molecule has 0 aromatic carbocycles. The predicted octanol–water partition coefficient (Wildman–Crippen LogP) is 6.59. The van der Waals surface area contributed by atoms with Crippen LogP contribution in [-0.2, 0) is 0 Å². The lowest BCUT2D eigenvalue weighted by Gasteiger charge is -2.20. The second-order valence-corrected chi connectivity index (χ2v) is 8.87. The van der Waals surface area contributed by atoms with Crippen LogP contribution in [0.2, 0.25) is 0 Å². The summed E-state index contributed by atoms with van der Waals surface area (Å²) in [6.07, 6.45) is 11.1. The molecule has 0 fully saturated rings. The normalized spacial score (nSPS) is 15.7. The Balaban J connectivity index is 4.03. The van der Waals surface area contributed by atoms with Crippen LogP contribution < -0.4 is 0 Å². The highest BCUT2D eigenvalue weighted by Crippen LogP contribution is 2.22. The Morgan fingerprint density at radius 2 is 1.12 bits per heavy atom. The molecule has 2 nitrogen and oxygen atoms in total. The van der Waals surface area contributed by atoms with Crippen LogP contribution in [0.1, 0.15) is 92.9 Å². The van der Waals surface area contributed by atoms with Crippen molar-refractivity contribution in [2.24, 2.45) is 11.8 Å². The van der Waals surface area contributed by atoms with Crippen molar-refractivity contribution >= 4 is 0 Å². The van der Waals surface area contributed by atoms with Crippen LogP contribution in [0.3, 0.4) is 0 Å². The summed E-state index contributed by atoms with van der Waals surface area (Å²) < 4.78 is 0. The fraction of sp³-hybridized carbons (Fsp3) is 0.750. The van der Waals surface area contributed by atoms with Gasteiger partial charge in [-0.05, 0) is 90.9 Å². The monoisotopic (exact) mass is 364 g/mol. The first kappa shape index (κ1) is 25.1. The van der Waals surface area contributed by atoms with E-state index >= 15 is 0 Å². The second kappa shape index (κ2) is 14.2. The van der Waals surface area contributed by atoms with E-state index in [1.807, 2.05) is 0 Å². The molecule has 0 rings (SSSR count). The van der Waals surface area contributed by atoms with Gasteiger partial charge in [0.25, 0.3) is 0 Å². The topological polar surface area (TPSA) is 40.5 Å². The molecule has 2 heteroatoms. The van der Waals surface area contributed by atoms with E-state index in [-0.39, 0.29) is 12.2 Å². The molecule has 0 unspecified atom stereocenters. The Labute approximate surface area is 163 Å². The van der Waals surface area contributed by atoms with Crippen molar-refractivity contribution in [3.63, 3.8) is 0 Å². The second-order valence-electron chi connectivity index (χ2n) is 8.87. The molecule has 0 radical (unpaired) electrons. The van der Waals surface area contributed by atoms with Gasteiger partial charge in [-0.3, -0.25) is 0 Å². The minimum absolute atomic E-state index is 0.341. The Kier molecular flexibility index (Phi) is 13.8. The first-order chi connectivity index (χ1) is 12.1. The Morgan fingerprint density at radius 1 is 0.769 bits per heavy atom. The van der Waals surface area contributed by atoms with Gasteiger partial charge in [-0.25, -0.2) is 0 Å². The summed E-state index contributed by atoms with van der Waals surface area (Å²) in [5, 5.41) is 20.6. The van der Waals surface area contributed by atoms with Crippen LogP contribution in [-0.4, -0.2) is 22.4 Å². The SMILES string of the molecule is C=C(C[C@H](O)C[C@@H](C)CCC=C(C)C)C[C@H](O)C[C@@H](C)CCC=C(C)C. The van der Waals surface area contributed by atoms with Crippen LogP contribution in [0.25, 0.3) is 0 Å². The Hall–Kier alpha value is -0.860. The quantitative estimate of drug-likeness (QED) is 0.341. The van der Waals surface area contributed by atoms with Crippen molar-refractivity contribution in [1.82, 2.24) is 0 Å². The predicted molar refractivity (Wildman–Crippen MR) is 115 cm³/mol. The zero-order valence-electron chi connectivity index (χ0n) is 18.2. The Bertz CT molecular complexity index is 399. The van der Waals surface area contributed by atoms with E-state index in [4.69, 9.17) is 0 Å². The molecular weight excluding hydrogens is 320 g/mol. The number of aliphatic hydroxyl groups excluding tert-OH is 2. The van der Waals surface area contributed by atoms with Gasteiger partial charge in [0.1, 0.15) is 0 Å². The molecule has 0 heterocycles. The number of hydrogen-bond donors (Lipinski definition) is 2. The van der Waals surface area contributed by atoms with E-state index in [0.717, 1.165) is 44.1 Å². The average Bonchev–Trinajstić information content (AvgIpc) is 2.45. The van der Waals surface area contributed by atoms with Crippen LogP contribution in [0.5, 0.6) is 0 Å². The smallest absolute Gasteiger partial charge is 0.0579 e. The van der Waals surface area contributed by atoms with Gasteiger partial charge in [-0.1, -0.05) is 49.3 Å². The van der Waals surface area contributed by atoms with E-state index in [2.05, 4.69) is 60.3 Å². The largest absolute Gasteiger partial charge is 0.393 e. The fourth-order valence-corrected chi connectivity index (χ4v) is 3.39. The van der Waals surface area contributed by atoms with Crippen molar-refractivity contribution in [1.29, 1.82) is 0 Å². The van der Waals surface area contributed by atoms with E-state index < -0.39 is 0 Å². The van der Waals surface area contributed by atoms with Gasteiger partial charge in [0, 0.05) is 0 Å². The minimum atomic E-state index is -0.341. The van der Waals surface area contributed by atoms with Gasteiger partial charge in [0.05, 0.1) is 12.2 Å². The maximum absolute atomic E-state index is 10.3. The van der Waals surface area contributed by atoms with Crippen molar-refractivity contribution < 1.29 is 10.2 Å². The van der Waals surface area contributed by atoms with Gasteiger partial charge in [0.2, 0.25) is 0 Å². The van der Waals surface area contributed by atoms with E-state index in [1.54, 1.807) is 0 Å². The van der Waals surface area contributed by atoms with Gasteiger partial charge in [0.15, 0.2) is 0 Å². The highest BCUT2D eigenvalue weighted by atomic mass is 16.3. The van der Waals surface area contributed by atoms with Gasteiger partial charge in [-0.2, -0.15) is 0 Å². The van der Waals surface area contributed by atoms with Gasteiger partial charge >= 0.3 is 0 Å². The summed E-state index contributed by atoms with van der Waals surface area (Å²) in [4.78, 5) is 0.